The van der Waals surface area contributed by atoms with Crippen molar-refractivity contribution in [1.29, 1.82) is 0 Å². The predicted molar refractivity (Wildman–Crippen MR) is 121 cm³/mol. The molecule has 152 valence electrons. The molecule has 3 aromatic rings. The first kappa shape index (κ1) is 20.0. The van der Waals surface area contributed by atoms with Gasteiger partial charge in [0.05, 0.1) is 0 Å². The van der Waals surface area contributed by atoms with Crippen LogP contribution in [0.1, 0.15) is 35.2 Å². The molecular weight excluding hydrogens is 382 g/mol. The van der Waals surface area contributed by atoms with Crippen LogP contribution in [0.5, 0.6) is 0 Å². The fourth-order valence-corrected chi connectivity index (χ4v) is 4.95. The summed E-state index contributed by atoms with van der Waals surface area (Å²) in [5, 5.41) is 8.00. The summed E-state index contributed by atoms with van der Waals surface area (Å²) >= 11 is 0. The molecule has 0 unspecified atom stereocenters. The lowest BCUT2D eigenvalue weighted by Gasteiger charge is -2.20. The van der Waals surface area contributed by atoms with E-state index in [1.807, 2.05) is 0 Å². The molecule has 0 radical (unpaired) electrons. The van der Waals surface area contributed by atoms with E-state index in [-0.39, 0.29) is 18.3 Å². The van der Waals surface area contributed by atoms with Crippen LogP contribution in [0.3, 0.4) is 0 Å². The van der Waals surface area contributed by atoms with Crippen LogP contribution in [-0.4, -0.2) is 23.6 Å². The molecule has 4 nitrogen and oxygen atoms in total. The van der Waals surface area contributed by atoms with E-state index in [2.05, 4.69) is 57.7 Å². The molecule has 0 fully saturated rings. The first-order valence-electron chi connectivity index (χ1n) is 10.5. The fourth-order valence-electron chi connectivity index (χ4n) is 4.95. The van der Waals surface area contributed by atoms with Gasteiger partial charge in [0.2, 0.25) is 5.91 Å². The molecule has 0 saturated carbocycles. The van der Waals surface area contributed by atoms with Crippen molar-refractivity contribution in [2.45, 2.75) is 45.1 Å². The molecule has 0 spiro atoms. The Kier molecular flexibility index (Phi) is 5.93. The van der Waals surface area contributed by atoms with E-state index in [1.165, 1.54) is 46.1 Å². The largest absolute Gasteiger partial charge is 0.335 e. The number of nitrogens with one attached hydrogen (secondary N) is 2. The lowest BCUT2D eigenvalue weighted by atomic mass is 9.90. The number of fused-ring (bicyclic) bond motifs is 4. The second kappa shape index (κ2) is 8.60. The van der Waals surface area contributed by atoms with Crippen LogP contribution in [-0.2, 0) is 37.0 Å². The Bertz CT molecular complexity index is 1040. The average molecular weight is 410 g/mol. The Morgan fingerprint density at radius 1 is 0.931 bits per heavy atom. The molecule has 2 aliphatic rings. The molecule has 5 heteroatoms. The number of para-hydroxylation sites is 1. The predicted octanol–water partition coefficient (Wildman–Crippen LogP) is 4.27. The maximum absolute atomic E-state index is 13.0. The highest BCUT2D eigenvalue weighted by atomic mass is 35.5. The van der Waals surface area contributed by atoms with Crippen LogP contribution < -0.4 is 10.6 Å². The van der Waals surface area contributed by atoms with Gasteiger partial charge in [0.1, 0.15) is 6.54 Å². The maximum atomic E-state index is 13.0. The van der Waals surface area contributed by atoms with Gasteiger partial charge in [-0.2, -0.15) is 0 Å². The topological polar surface area (TPSA) is 46.1 Å². The van der Waals surface area contributed by atoms with Gasteiger partial charge in [-0.3, -0.25) is 4.79 Å². The first-order valence-corrected chi connectivity index (χ1v) is 10.5. The first-order chi connectivity index (χ1) is 13.8. The Morgan fingerprint density at radius 3 is 2.69 bits per heavy atom. The molecule has 29 heavy (non-hydrogen) atoms. The van der Waals surface area contributed by atoms with Gasteiger partial charge in [0, 0.05) is 35.2 Å². The second-order valence-electron chi connectivity index (χ2n) is 7.98. The van der Waals surface area contributed by atoms with Crippen LogP contribution >= 0.6 is 12.4 Å². The van der Waals surface area contributed by atoms with Gasteiger partial charge >= 0.3 is 0 Å². The summed E-state index contributed by atoms with van der Waals surface area (Å²) in [4.78, 5) is 13.0. The summed E-state index contributed by atoms with van der Waals surface area (Å²) in [6, 6.07) is 14.8. The van der Waals surface area contributed by atoms with Gasteiger partial charge < -0.3 is 15.2 Å². The highest BCUT2D eigenvalue weighted by molar-refractivity contribution is 5.94. The average Bonchev–Trinajstić information content (AvgIpc) is 2.87. The van der Waals surface area contributed by atoms with E-state index < -0.39 is 0 Å². The lowest BCUT2D eigenvalue weighted by molar-refractivity contribution is -0.116. The highest BCUT2D eigenvalue weighted by Crippen LogP contribution is 2.30. The Hall–Kier alpha value is -2.30. The van der Waals surface area contributed by atoms with E-state index >= 15 is 0 Å². The number of hydrogen-bond donors (Lipinski definition) is 2. The summed E-state index contributed by atoms with van der Waals surface area (Å²) in [5.41, 5.74) is 7.64. The van der Waals surface area contributed by atoms with Gasteiger partial charge in [0.15, 0.2) is 0 Å². The molecule has 1 aliphatic heterocycles. The molecule has 5 rings (SSSR count). The van der Waals surface area contributed by atoms with Crippen LogP contribution in [0, 0.1) is 0 Å². The van der Waals surface area contributed by atoms with E-state index in [9.17, 15) is 4.79 Å². The molecule has 1 aliphatic carbocycles. The lowest BCUT2D eigenvalue weighted by Crippen LogP contribution is -2.22. The van der Waals surface area contributed by atoms with E-state index in [1.54, 1.807) is 0 Å². The minimum Gasteiger partial charge on any atom is -0.335 e. The normalized spacial score (nSPS) is 15.7. The number of aryl methyl sites for hydroxylation is 1. The van der Waals surface area contributed by atoms with Gasteiger partial charge in [-0.05, 0) is 67.5 Å². The van der Waals surface area contributed by atoms with Gasteiger partial charge in [-0.25, -0.2) is 0 Å². The third kappa shape index (κ3) is 3.79. The number of nitrogens with zero attached hydrogens (tertiary/aromatic N) is 1. The summed E-state index contributed by atoms with van der Waals surface area (Å²) in [6.45, 7) is 2.35. The van der Waals surface area contributed by atoms with Gasteiger partial charge in [0.25, 0.3) is 0 Å². The molecule has 1 amide bonds. The van der Waals surface area contributed by atoms with Crippen LogP contribution in [0.15, 0.2) is 42.5 Å². The number of carbonyl (C=O) groups is 1. The zero-order valence-electron chi connectivity index (χ0n) is 16.7. The smallest absolute Gasteiger partial charge is 0.244 e. The van der Waals surface area contributed by atoms with Crippen molar-refractivity contribution in [2.24, 2.45) is 0 Å². The summed E-state index contributed by atoms with van der Waals surface area (Å²) < 4.78 is 2.24. The quantitative estimate of drug-likeness (QED) is 0.678. The fraction of sp³-hybridized carbons (Fsp3) is 0.375. The van der Waals surface area contributed by atoms with Crippen LogP contribution in [0.25, 0.3) is 10.9 Å². The molecule has 0 bridgehead atoms. The molecule has 2 N–H and O–H groups in total. The Labute approximate surface area is 178 Å². The summed E-state index contributed by atoms with van der Waals surface area (Å²) in [7, 11) is 0. The SMILES string of the molecule is Cl.O=C(Cn1c2c(c3ccccc31)CCNCC2)Nc1cccc2c1CCCC2. The number of rotatable bonds is 3. The number of hydrogen-bond acceptors (Lipinski definition) is 2. The number of benzene rings is 2. The Morgan fingerprint density at radius 2 is 1.76 bits per heavy atom. The number of anilines is 1. The van der Waals surface area contributed by atoms with Crippen molar-refractivity contribution >= 4 is 34.9 Å². The number of aromatic nitrogens is 1. The van der Waals surface area contributed by atoms with Crippen molar-refractivity contribution in [3.8, 4) is 0 Å². The standard InChI is InChI=1S/C24H27N3O.ClH/c28-24(26-21-10-5-7-17-6-1-2-8-18(17)21)16-27-22-11-4-3-9-19(22)20-12-14-25-15-13-23(20)27;/h3-5,7,9-11,25H,1-2,6,8,12-16H2,(H,26,28);1H. The van der Waals surface area contributed by atoms with Crippen molar-refractivity contribution in [3.63, 3.8) is 0 Å². The monoisotopic (exact) mass is 409 g/mol. The van der Waals surface area contributed by atoms with Crippen molar-refractivity contribution in [1.82, 2.24) is 9.88 Å². The maximum Gasteiger partial charge on any atom is 0.244 e. The third-order valence-electron chi connectivity index (χ3n) is 6.26. The van der Waals surface area contributed by atoms with Gasteiger partial charge in [-0.15, -0.1) is 12.4 Å². The summed E-state index contributed by atoms with van der Waals surface area (Å²) in [5.74, 6) is 0.0692. The highest BCUT2D eigenvalue weighted by Gasteiger charge is 2.21. The van der Waals surface area contributed by atoms with E-state index in [0.29, 0.717) is 6.54 Å². The zero-order chi connectivity index (χ0) is 18.9. The molecule has 2 heterocycles. The van der Waals surface area contributed by atoms with Crippen molar-refractivity contribution in [2.75, 3.05) is 18.4 Å². The summed E-state index contributed by atoms with van der Waals surface area (Å²) in [6.07, 6.45) is 6.65. The Balaban J connectivity index is 0.00000205. The van der Waals surface area contributed by atoms with Crippen molar-refractivity contribution < 1.29 is 4.79 Å². The number of halogens is 1. The third-order valence-corrected chi connectivity index (χ3v) is 6.26. The molecule has 1 aromatic heterocycles. The number of carbonyl (C=O) groups excluding carboxylic acids is 1. The van der Waals surface area contributed by atoms with E-state index in [0.717, 1.165) is 44.5 Å². The van der Waals surface area contributed by atoms with Crippen molar-refractivity contribution in [3.05, 3.63) is 64.8 Å². The molecule has 0 saturated heterocycles. The minimum atomic E-state index is 0. The molecule has 0 atom stereocenters. The second-order valence-corrected chi connectivity index (χ2v) is 7.98. The minimum absolute atomic E-state index is 0. The molecule has 2 aromatic carbocycles. The molecular formula is C24H28ClN3O. The zero-order valence-corrected chi connectivity index (χ0v) is 17.5. The van der Waals surface area contributed by atoms with Crippen LogP contribution in [0.2, 0.25) is 0 Å². The number of amides is 1. The van der Waals surface area contributed by atoms with Crippen LogP contribution in [0.4, 0.5) is 5.69 Å². The van der Waals surface area contributed by atoms with E-state index in [4.69, 9.17) is 0 Å². The van der Waals surface area contributed by atoms with Gasteiger partial charge in [-0.1, -0.05) is 30.3 Å².